The number of ketones is 1. The average molecular weight is 623 g/mol. The molecule has 3 N–H and O–H groups in total. The zero-order chi connectivity index (χ0) is 31.8. The molecule has 0 bridgehead atoms. The molecule has 0 aromatic heterocycles. The fourth-order valence-electron chi connectivity index (χ4n) is 5.44. The standard InChI is InChI=1S/C33H42N4O8/c1-33(21-45-33)30(39)26(16-22-6-4-3-5-7-22)34-31(40)27(17-23-8-10-25(42-2)11-9-23)35-32(41)29(24-19-44-20-24)36-28(38)18-37-12-14-43-15-13-37/h3-11,24,26-27,29H,12-21H2,1-2H3,(H,34,40)(H,35,41)(H,36,38)/t26-,27-,29-,33+/m0/s1. The van der Waals surface area contributed by atoms with Gasteiger partial charge in [0.2, 0.25) is 17.7 Å². The lowest BCUT2D eigenvalue weighted by molar-refractivity contribution is -0.139. The maximum atomic E-state index is 13.9. The number of nitrogens with zero attached hydrogens (tertiary/aromatic N) is 1. The molecular weight excluding hydrogens is 580 g/mol. The first-order chi connectivity index (χ1) is 21.7. The minimum atomic E-state index is -1.04. The van der Waals surface area contributed by atoms with Crippen LogP contribution in [0.3, 0.4) is 0 Å². The van der Waals surface area contributed by atoms with E-state index >= 15 is 0 Å². The van der Waals surface area contributed by atoms with E-state index in [1.807, 2.05) is 47.4 Å². The Hall–Kier alpha value is -3.84. The molecule has 0 unspecified atom stereocenters. The smallest absolute Gasteiger partial charge is 0.243 e. The average Bonchev–Trinajstić information content (AvgIpc) is 3.78. The van der Waals surface area contributed by atoms with E-state index in [-0.39, 0.29) is 43.6 Å². The Balaban J connectivity index is 1.33. The summed E-state index contributed by atoms with van der Waals surface area (Å²) in [4.78, 5) is 56.1. The van der Waals surface area contributed by atoms with Crippen molar-refractivity contribution < 1.29 is 38.1 Å². The topological polar surface area (TPSA) is 148 Å². The molecule has 45 heavy (non-hydrogen) atoms. The summed E-state index contributed by atoms with van der Waals surface area (Å²) in [6.45, 7) is 5.14. The first kappa shape index (κ1) is 32.6. The Morgan fingerprint density at radius 2 is 1.49 bits per heavy atom. The molecule has 0 spiro atoms. The Morgan fingerprint density at radius 1 is 0.867 bits per heavy atom. The highest BCUT2D eigenvalue weighted by Crippen LogP contribution is 2.29. The van der Waals surface area contributed by atoms with Crippen LogP contribution in [0.2, 0.25) is 0 Å². The third-order valence-corrected chi connectivity index (χ3v) is 8.45. The SMILES string of the molecule is COc1ccc(C[C@H](NC(=O)[C@@H](NC(=O)CN2CCOCC2)C2COC2)C(=O)N[C@@H](Cc2ccccc2)C(=O)[C@@]2(C)CO2)cc1. The highest BCUT2D eigenvalue weighted by atomic mass is 16.6. The molecule has 3 aliphatic rings. The number of hydrogen-bond acceptors (Lipinski definition) is 9. The third-order valence-electron chi connectivity index (χ3n) is 8.45. The van der Waals surface area contributed by atoms with E-state index < -0.39 is 35.5 Å². The van der Waals surface area contributed by atoms with Gasteiger partial charge in [0.05, 0.1) is 52.7 Å². The summed E-state index contributed by atoms with van der Waals surface area (Å²) in [6, 6.07) is 13.8. The summed E-state index contributed by atoms with van der Waals surface area (Å²) < 4.78 is 21.4. The molecule has 0 saturated carbocycles. The Morgan fingerprint density at radius 3 is 2.09 bits per heavy atom. The van der Waals surface area contributed by atoms with Gasteiger partial charge in [0.15, 0.2) is 5.78 Å². The van der Waals surface area contributed by atoms with Crippen molar-refractivity contribution in [1.29, 1.82) is 0 Å². The highest BCUT2D eigenvalue weighted by Gasteiger charge is 2.50. The number of benzene rings is 2. The van der Waals surface area contributed by atoms with Crippen molar-refractivity contribution >= 4 is 23.5 Å². The number of nitrogens with one attached hydrogen (secondary N) is 3. The number of ether oxygens (including phenoxy) is 4. The number of carbonyl (C=O) groups is 4. The second kappa shape index (κ2) is 15.0. The second-order valence-corrected chi connectivity index (χ2v) is 12.0. The Bertz CT molecular complexity index is 1320. The second-order valence-electron chi connectivity index (χ2n) is 12.0. The molecule has 2 aromatic carbocycles. The van der Waals surface area contributed by atoms with Gasteiger partial charge in [-0.05, 0) is 36.6 Å². The molecule has 5 rings (SSSR count). The van der Waals surface area contributed by atoms with Crippen molar-refractivity contribution in [3.8, 4) is 5.75 Å². The first-order valence-corrected chi connectivity index (χ1v) is 15.4. The lowest BCUT2D eigenvalue weighted by atomic mass is 9.94. The van der Waals surface area contributed by atoms with Gasteiger partial charge in [-0.3, -0.25) is 24.1 Å². The van der Waals surface area contributed by atoms with Gasteiger partial charge in [-0.1, -0.05) is 42.5 Å². The van der Waals surface area contributed by atoms with Crippen LogP contribution in [0, 0.1) is 5.92 Å². The molecule has 3 fully saturated rings. The number of rotatable bonds is 15. The lowest BCUT2D eigenvalue weighted by Crippen LogP contribution is -2.61. The molecule has 2 aromatic rings. The van der Waals surface area contributed by atoms with Gasteiger partial charge >= 0.3 is 0 Å². The summed E-state index contributed by atoms with van der Waals surface area (Å²) in [6.07, 6.45) is 0.421. The van der Waals surface area contributed by atoms with Crippen molar-refractivity contribution in [3.05, 3.63) is 65.7 Å². The highest BCUT2D eigenvalue weighted by molar-refractivity contribution is 5.98. The predicted molar refractivity (Wildman–Crippen MR) is 164 cm³/mol. The fourth-order valence-corrected chi connectivity index (χ4v) is 5.44. The van der Waals surface area contributed by atoms with Gasteiger partial charge in [0, 0.05) is 25.4 Å². The summed E-state index contributed by atoms with van der Waals surface area (Å²) in [5.74, 6) is -1.09. The maximum absolute atomic E-state index is 13.9. The fraction of sp³-hybridized carbons (Fsp3) is 0.515. The van der Waals surface area contributed by atoms with E-state index in [1.54, 1.807) is 26.2 Å². The molecule has 4 atom stereocenters. The summed E-state index contributed by atoms with van der Waals surface area (Å²) >= 11 is 0. The van der Waals surface area contributed by atoms with Crippen molar-refractivity contribution in [2.24, 2.45) is 5.92 Å². The van der Waals surface area contributed by atoms with Crippen LogP contribution in [0.5, 0.6) is 5.75 Å². The van der Waals surface area contributed by atoms with Gasteiger partial charge in [-0.2, -0.15) is 0 Å². The van der Waals surface area contributed by atoms with Crippen LogP contribution in [-0.2, 0) is 46.2 Å². The largest absolute Gasteiger partial charge is 0.497 e. The van der Waals surface area contributed by atoms with Crippen LogP contribution in [0.25, 0.3) is 0 Å². The van der Waals surface area contributed by atoms with E-state index in [0.717, 1.165) is 11.1 Å². The lowest BCUT2D eigenvalue weighted by Gasteiger charge is -2.35. The van der Waals surface area contributed by atoms with E-state index in [4.69, 9.17) is 18.9 Å². The van der Waals surface area contributed by atoms with Gasteiger partial charge in [0.25, 0.3) is 0 Å². The predicted octanol–water partition coefficient (Wildman–Crippen LogP) is 0.271. The zero-order valence-electron chi connectivity index (χ0n) is 25.8. The molecule has 12 nitrogen and oxygen atoms in total. The minimum Gasteiger partial charge on any atom is -0.497 e. The summed E-state index contributed by atoms with van der Waals surface area (Å²) in [5.41, 5.74) is 0.699. The van der Waals surface area contributed by atoms with E-state index in [2.05, 4.69) is 16.0 Å². The van der Waals surface area contributed by atoms with Crippen molar-refractivity contribution in [2.75, 3.05) is 59.8 Å². The monoisotopic (exact) mass is 622 g/mol. The van der Waals surface area contributed by atoms with Crippen LogP contribution in [0.4, 0.5) is 0 Å². The normalized spacial score (nSPS) is 21.8. The van der Waals surface area contributed by atoms with Crippen molar-refractivity contribution in [2.45, 2.75) is 43.5 Å². The van der Waals surface area contributed by atoms with Crippen LogP contribution in [0.1, 0.15) is 18.1 Å². The minimum absolute atomic E-state index is 0.139. The van der Waals surface area contributed by atoms with Crippen LogP contribution >= 0.6 is 0 Å². The van der Waals surface area contributed by atoms with Gasteiger partial charge in [0.1, 0.15) is 23.4 Å². The van der Waals surface area contributed by atoms with Crippen LogP contribution < -0.4 is 20.7 Å². The van der Waals surface area contributed by atoms with E-state index in [0.29, 0.717) is 45.3 Å². The van der Waals surface area contributed by atoms with Gasteiger partial charge < -0.3 is 34.9 Å². The maximum Gasteiger partial charge on any atom is 0.243 e. The molecular formula is C33H42N4O8. The van der Waals surface area contributed by atoms with Gasteiger partial charge in [-0.25, -0.2) is 0 Å². The first-order valence-electron chi connectivity index (χ1n) is 15.4. The third kappa shape index (κ3) is 8.88. The molecule has 242 valence electrons. The summed E-state index contributed by atoms with van der Waals surface area (Å²) in [7, 11) is 1.57. The molecule has 3 amide bonds. The summed E-state index contributed by atoms with van der Waals surface area (Å²) in [5, 5.41) is 8.68. The molecule has 3 saturated heterocycles. The number of hydrogen-bond donors (Lipinski definition) is 3. The Kier molecular flexibility index (Phi) is 10.8. The van der Waals surface area contributed by atoms with Crippen molar-refractivity contribution in [3.63, 3.8) is 0 Å². The zero-order valence-corrected chi connectivity index (χ0v) is 25.8. The number of Topliss-reactive ketones (excluding diaryl/α,β-unsaturated/α-hetero) is 1. The van der Waals surface area contributed by atoms with Crippen LogP contribution in [-0.4, -0.2) is 112 Å². The molecule has 3 aliphatic heterocycles. The molecule has 12 heteroatoms. The molecule has 0 aliphatic carbocycles. The van der Waals surface area contributed by atoms with Crippen LogP contribution in [0.15, 0.2) is 54.6 Å². The number of amides is 3. The number of epoxide rings is 1. The molecule has 0 radical (unpaired) electrons. The van der Waals surface area contributed by atoms with E-state index in [1.165, 1.54) is 0 Å². The molecule has 3 heterocycles. The number of carbonyl (C=O) groups excluding carboxylic acids is 4. The van der Waals surface area contributed by atoms with E-state index in [9.17, 15) is 19.2 Å². The van der Waals surface area contributed by atoms with Gasteiger partial charge in [-0.15, -0.1) is 0 Å². The Labute approximate surface area is 263 Å². The number of methoxy groups -OCH3 is 1. The quantitative estimate of drug-likeness (QED) is 0.238. The number of morpholine rings is 1. The van der Waals surface area contributed by atoms with Crippen molar-refractivity contribution in [1.82, 2.24) is 20.9 Å².